The maximum atomic E-state index is 12.4. The lowest BCUT2D eigenvalue weighted by atomic mass is 10.1. The fourth-order valence-electron chi connectivity index (χ4n) is 2.45. The Labute approximate surface area is 150 Å². The van der Waals surface area contributed by atoms with Gasteiger partial charge in [0.2, 0.25) is 0 Å². The predicted octanol–water partition coefficient (Wildman–Crippen LogP) is 5.43. The molecular formula is C17H11BrN2OS2. The molecule has 1 amide bonds. The Morgan fingerprint density at radius 2 is 1.91 bits per heavy atom. The monoisotopic (exact) mass is 402 g/mol. The number of halogens is 1. The highest BCUT2D eigenvalue weighted by Gasteiger charge is 2.22. The molecule has 1 aliphatic rings. The van der Waals surface area contributed by atoms with Crippen LogP contribution in [0.3, 0.4) is 0 Å². The smallest absolute Gasteiger partial charge is 0.258 e. The third kappa shape index (κ3) is 2.82. The van der Waals surface area contributed by atoms with Crippen LogP contribution in [-0.2, 0) is 5.75 Å². The molecule has 0 fully saturated rings. The third-order valence-electron chi connectivity index (χ3n) is 3.54. The molecule has 0 saturated heterocycles. The highest BCUT2D eigenvalue weighted by molar-refractivity contribution is 9.10. The van der Waals surface area contributed by atoms with Gasteiger partial charge in [-0.25, -0.2) is 4.98 Å². The standard InChI is InChI=1S/C17H11BrN2OS2/c18-12-7-3-1-5-10(12)16(21)20-17-19-15-11-6-2-4-8-13(11)22-9-14(15)23-17/h1-8H,9H2,(H,19,20,21). The maximum Gasteiger partial charge on any atom is 0.258 e. The van der Waals surface area contributed by atoms with Gasteiger partial charge in [-0.1, -0.05) is 30.3 Å². The summed E-state index contributed by atoms with van der Waals surface area (Å²) < 4.78 is 0.778. The summed E-state index contributed by atoms with van der Waals surface area (Å²) in [5.74, 6) is 0.749. The second-order valence-corrected chi connectivity index (χ2v) is 7.96. The van der Waals surface area contributed by atoms with Crippen LogP contribution in [0.25, 0.3) is 11.3 Å². The number of nitrogens with one attached hydrogen (secondary N) is 1. The molecular weight excluding hydrogens is 392 g/mol. The van der Waals surface area contributed by atoms with E-state index >= 15 is 0 Å². The van der Waals surface area contributed by atoms with E-state index in [-0.39, 0.29) is 5.91 Å². The minimum Gasteiger partial charge on any atom is -0.298 e. The number of anilines is 1. The van der Waals surface area contributed by atoms with Crippen LogP contribution < -0.4 is 5.32 Å². The molecule has 0 unspecified atom stereocenters. The fraction of sp³-hybridized carbons (Fsp3) is 0.0588. The van der Waals surface area contributed by atoms with E-state index in [0.717, 1.165) is 21.5 Å². The summed E-state index contributed by atoms with van der Waals surface area (Å²) in [6.07, 6.45) is 0. The number of carbonyl (C=O) groups excluding carboxylic acids is 1. The number of benzene rings is 2. The van der Waals surface area contributed by atoms with Crippen LogP contribution in [0, 0.1) is 0 Å². The molecule has 0 spiro atoms. The number of fused-ring (bicyclic) bond motifs is 3. The molecule has 0 atom stereocenters. The van der Waals surface area contributed by atoms with Crippen LogP contribution in [0.15, 0.2) is 57.9 Å². The van der Waals surface area contributed by atoms with Gasteiger partial charge in [-0.3, -0.25) is 10.1 Å². The largest absolute Gasteiger partial charge is 0.298 e. The molecule has 114 valence electrons. The maximum absolute atomic E-state index is 12.4. The number of thiazole rings is 1. The Bertz CT molecular complexity index is 907. The number of carbonyl (C=O) groups is 1. The number of thioether (sulfide) groups is 1. The summed E-state index contributed by atoms with van der Waals surface area (Å²) in [5, 5.41) is 3.56. The van der Waals surface area contributed by atoms with Crippen molar-refractivity contribution in [2.24, 2.45) is 0 Å². The van der Waals surface area contributed by atoms with Crippen molar-refractivity contribution in [3.63, 3.8) is 0 Å². The topological polar surface area (TPSA) is 42.0 Å². The van der Waals surface area contributed by atoms with Gasteiger partial charge in [-0.15, -0.1) is 23.1 Å². The molecule has 4 rings (SSSR count). The fourth-order valence-corrected chi connectivity index (χ4v) is 5.02. The number of amides is 1. The molecule has 6 heteroatoms. The van der Waals surface area contributed by atoms with Crippen molar-refractivity contribution < 1.29 is 4.79 Å². The lowest BCUT2D eigenvalue weighted by Gasteiger charge is -2.13. The SMILES string of the molecule is O=C(Nc1nc2c(s1)CSc1ccccc1-2)c1ccccc1Br. The quantitative estimate of drug-likeness (QED) is 0.620. The Kier molecular flexibility index (Phi) is 3.97. The number of aromatic nitrogens is 1. The van der Waals surface area contributed by atoms with Gasteiger partial charge in [-0.05, 0) is 34.1 Å². The molecule has 2 aromatic carbocycles. The van der Waals surface area contributed by atoms with E-state index in [2.05, 4.69) is 38.4 Å². The first kappa shape index (κ1) is 14.9. The summed E-state index contributed by atoms with van der Waals surface area (Å²) in [4.78, 5) is 19.5. The zero-order valence-electron chi connectivity index (χ0n) is 11.9. The zero-order chi connectivity index (χ0) is 15.8. The van der Waals surface area contributed by atoms with E-state index < -0.39 is 0 Å². The number of hydrogen-bond acceptors (Lipinski definition) is 4. The molecule has 1 aliphatic heterocycles. The summed E-state index contributed by atoms with van der Waals surface area (Å²) in [6.45, 7) is 0. The zero-order valence-corrected chi connectivity index (χ0v) is 15.1. The van der Waals surface area contributed by atoms with Crippen LogP contribution in [0.4, 0.5) is 5.13 Å². The Hall–Kier alpha value is -1.63. The molecule has 2 heterocycles. The summed E-state index contributed by atoms with van der Waals surface area (Å²) in [6, 6.07) is 15.6. The van der Waals surface area contributed by atoms with Crippen molar-refractivity contribution in [1.82, 2.24) is 4.98 Å². The van der Waals surface area contributed by atoms with Crippen molar-refractivity contribution in [3.05, 3.63) is 63.4 Å². The Morgan fingerprint density at radius 1 is 1.13 bits per heavy atom. The number of rotatable bonds is 2. The second-order valence-electron chi connectivity index (χ2n) is 5.01. The van der Waals surface area contributed by atoms with Gasteiger partial charge in [0.25, 0.3) is 5.91 Å². The first-order valence-electron chi connectivity index (χ1n) is 7.00. The molecule has 1 aromatic heterocycles. The van der Waals surface area contributed by atoms with Crippen LogP contribution >= 0.6 is 39.0 Å². The number of nitrogens with zero attached hydrogens (tertiary/aromatic N) is 1. The van der Waals surface area contributed by atoms with Gasteiger partial charge in [0.05, 0.1) is 11.3 Å². The molecule has 3 nitrogen and oxygen atoms in total. The van der Waals surface area contributed by atoms with Gasteiger partial charge in [0.1, 0.15) is 0 Å². The molecule has 0 aliphatic carbocycles. The van der Waals surface area contributed by atoms with E-state index in [4.69, 9.17) is 0 Å². The molecule has 0 bridgehead atoms. The predicted molar refractivity (Wildman–Crippen MR) is 99.2 cm³/mol. The van der Waals surface area contributed by atoms with Gasteiger partial charge in [0, 0.05) is 25.6 Å². The van der Waals surface area contributed by atoms with Gasteiger partial charge < -0.3 is 0 Å². The Balaban J connectivity index is 1.65. The van der Waals surface area contributed by atoms with Crippen molar-refractivity contribution in [3.8, 4) is 11.3 Å². The average Bonchev–Trinajstić information content (AvgIpc) is 2.98. The van der Waals surface area contributed by atoms with Gasteiger partial charge >= 0.3 is 0 Å². The lowest BCUT2D eigenvalue weighted by Crippen LogP contribution is -2.12. The number of hydrogen-bond donors (Lipinski definition) is 1. The molecule has 0 radical (unpaired) electrons. The van der Waals surface area contributed by atoms with Crippen molar-refractivity contribution in [2.45, 2.75) is 10.6 Å². The van der Waals surface area contributed by atoms with E-state index in [0.29, 0.717) is 10.7 Å². The summed E-state index contributed by atoms with van der Waals surface area (Å²) >= 11 is 6.77. The first-order chi connectivity index (χ1) is 11.2. The highest BCUT2D eigenvalue weighted by Crippen LogP contribution is 2.44. The minimum absolute atomic E-state index is 0.149. The lowest BCUT2D eigenvalue weighted by molar-refractivity contribution is 0.102. The van der Waals surface area contributed by atoms with Gasteiger partial charge in [0.15, 0.2) is 5.13 Å². The molecule has 1 N–H and O–H groups in total. The molecule has 23 heavy (non-hydrogen) atoms. The van der Waals surface area contributed by atoms with Crippen molar-refractivity contribution >= 4 is 50.1 Å². The van der Waals surface area contributed by atoms with E-state index in [1.54, 1.807) is 17.4 Å². The first-order valence-corrected chi connectivity index (χ1v) is 9.59. The highest BCUT2D eigenvalue weighted by atomic mass is 79.9. The molecule has 3 aromatic rings. The van der Waals surface area contributed by atoms with Crippen molar-refractivity contribution in [2.75, 3.05) is 5.32 Å². The van der Waals surface area contributed by atoms with Crippen LogP contribution in [0.5, 0.6) is 0 Å². The van der Waals surface area contributed by atoms with Crippen LogP contribution in [0.1, 0.15) is 15.2 Å². The normalized spacial score (nSPS) is 12.4. The summed E-state index contributed by atoms with van der Waals surface area (Å²) in [5.41, 5.74) is 2.75. The van der Waals surface area contributed by atoms with E-state index in [1.165, 1.54) is 9.77 Å². The van der Waals surface area contributed by atoms with Crippen LogP contribution in [-0.4, -0.2) is 10.9 Å². The van der Waals surface area contributed by atoms with Crippen molar-refractivity contribution in [1.29, 1.82) is 0 Å². The average molecular weight is 403 g/mol. The second kappa shape index (κ2) is 6.11. The Morgan fingerprint density at radius 3 is 2.78 bits per heavy atom. The van der Waals surface area contributed by atoms with E-state index in [1.807, 2.05) is 42.1 Å². The van der Waals surface area contributed by atoms with Gasteiger partial charge in [-0.2, -0.15) is 0 Å². The minimum atomic E-state index is -0.149. The van der Waals surface area contributed by atoms with E-state index in [9.17, 15) is 4.79 Å². The van der Waals surface area contributed by atoms with Crippen LogP contribution in [0.2, 0.25) is 0 Å². The molecule has 0 saturated carbocycles. The third-order valence-corrected chi connectivity index (χ3v) is 6.48. The summed E-state index contributed by atoms with van der Waals surface area (Å²) in [7, 11) is 0.